The van der Waals surface area contributed by atoms with Crippen molar-refractivity contribution in [2.24, 2.45) is 0 Å². The van der Waals surface area contributed by atoms with Crippen molar-refractivity contribution >= 4 is 28.6 Å². The summed E-state index contributed by atoms with van der Waals surface area (Å²) in [6.45, 7) is 9.05. The molecule has 0 radical (unpaired) electrons. The van der Waals surface area contributed by atoms with Crippen molar-refractivity contribution in [3.63, 3.8) is 0 Å². The molecule has 1 saturated heterocycles. The fourth-order valence-corrected chi connectivity index (χ4v) is 5.24. The minimum absolute atomic E-state index is 0.142. The van der Waals surface area contributed by atoms with E-state index in [2.05, 4.69) is 42.3 Å². The van der Waals surface area contributed by atoms with Crippen LogP contribution in [0.1, 0.15) is 31.2 Å². The Morgan fingerprint density at radius 3 is 2.48 bits per heavy atom. The van der Waals surface area contributed by atoms with Crippen LogP contribution in [0.15, 0.2) is 47.2 Å². The molecule has 6 heteroatoms. The van der Waals surface area contributed by atoms with Crippen LogP contribution in [0.4, 0.5) is 0 Å². The van der Waals surface area contributed by atoms with Crippen LogP contribution in [0.25, 0.3) is 0 Å². The summed E-state index contributed by atoms with van der Waals surface area (Å²) in [4.78, 5) is 19.5. The second-order valence-electron chi connectivity index (χ2n) is 7.58. The number of piperazine rings is 1. The standard InChI is InChI=1S/C23H26N2O2S2/c1-17-10-18(2)12-20(11-17)27-15-19-13-22(29-16-19)23(26)25-7-5-24(6-8-25)14-21-4-3-9-28-21/h3-4,9-13,16H,5-8,14-15H2,1-2H3. The summed E-state index contributed by atoms with van der Waals surface area (Å²) in [5.74, 6) is 1.02. The number of thiophene rings is 2. The minimum Gasteiger partial charge on any atom is -0.489 e. The Morgan fingerprint density at radius 1 is 1.03 bits per heavy atom. The largest absolute Gasteiger partial charge is 0.489 e. The Morgan fingerprint density at radius 2 is 1.79 bits per heavy atom. The van der Waals surface area contributed by atoms with Crippen LogP contribution in [0.2, 0.25) is 0 Å². The Bertz CT molecular complexity index is 937. The average molecular weight is 427 g/mol. The van der Waals surface area contributed by atoms with Gasteiger partial charge in [-0.05, 0) is 60.0 Å². The van der Waals surface area contributed by atoms with Crippen molar-refractivity contribution in [1.29, 1.82) is 0 Å². The Labute approximate surface area is 180 Å². The molecule has 0 saturated carbocycles. The molecule has 152 valence electrons. The van der Waals surface area contributed by atoms with Gasteiger partial charge >= 0.3 is 0 Å². The van der Waals surface area contributed by atoms with Gasteiger partial charge in [-0.15, -0.1) is 22.7 Å². The van der Waals surface area contributed by atoms with E-state index >= 15 is 0 Å². The zero-order valence-corrected chi connectivity index (χ0v) is 18.5. The highest BCUT2D eigenvalue weighted by molar-refractivity contribution is 7.12. The summed E-state index contributed by atoms with van der Waals surface area (Å²) < 4.78 is 5.93. The number of rotatable bonds is 6. The molecule has 3 aromatic rings. The van der Waals surface area contributed by atoms with E-state index in [0.29, 0.717) is 6.61 Å². The smallest absolute Gasteiger partial charge is 0.264 e. The summed E-state index contributed by atoms with van der Waals surface area (Å²) in [7, 11) is 0. The highest BCUT2D eigenvalue weighted by atomic mass is 32.1. The minimum atomic E-state index is 0.142. The van der Waals surface area contributed by atoms with Crippen LogP contribution in [0.3, 0.4) is 0 Å². The third kappa shape index (κ3) is 5.26. The predicted octanol–water partition coefficient (Wildman–Crippen LogP) is 4.96. The first-order valence-electron chi connectivity index (χ1n) is 9.89. The third-order valence-corrected chi connectivity index (χ3v) is 6.91. The van der Waals surface area contributed by atoms with Crippen LogP contribution in [-0.2, 0) is 13.2 Å². The van der Waals surface area contributed by atoms with E-state index in [1.54, 1.807) is 11.3 Å². The van der Waals surface area contributed by atoms with Gasteiger partial charge in [-0.1, -0.05) is 12.1 Å². The van der Waals surface area contributed by atoms with Crippen molar-refractivity contribution in [2.75, 3.05) is 26.2 Å². The first-order chi connectivity index (χ1) is 14.1. The summed E-state index contributed by atoms with van der Waals surface area (Å²) in [5.41, 5.74) is 3.44. The predicted molar refractivity (Wildman–Crippen MR) is 120 cm³/mol. The van der Waals surface area contributed by atoms with Gasteiger partial charge in [-0.25, -0.2) is 0 Å². The number of benzene rings is 1. The average Bonchev–Trinajstić information content (AvgIpc) is 3.38. The monoisotopic (exact) mass is 426 g/mol. The number of hydrogen-bond acceptors (Lipinski definition) is 5. The summed E-state index contributed by atoms with van der Waals surface area (Å²) in [5, 5.41) is 4.15. The van der Waals surface area contributed by atoms with Crippen molar-refractivity contribution in [2.45, 2.75) is 27.0 Å². The van der Waals surface area contributed by atoms with E-state index in [0.717, 1.165) is 48.9 Å². The number of nitrogens with zero attached hydrogens (tertiary/aromatic N) is 2. The van der Waals surface area contributed by atoms with Gasteiger partial charge in [0.2, 0.25) is 0 Å². The summed E-state index contributed by atoms with van der Waals surface area (Å²) >= 11 is 3.31. The van der Waals surface area contributed by atoms with Crippen molar-refractivity contribution < 1.29 is 9.53 Å². The van der Waals surface area contributed by atoms with Gasteiger partial charge in [0, 0.05) is 43.2 Å². The molecule has 0 unspecified atom stereocenters. The summed E-state index contributed by atoms with van der Waals surface area (Å²) in [6, 6.07) is 12.5. The first-order valence-corrected chi connectivity index (χ1v) is 11.7. The third-order valence-electron chi connectivity index (χ3n) is 5.08. The molecule has 0 atom stereocenters. The lowest BCUT2D eigenvalue weighted by Gasteiger charge is -2.34. The van der Waals surface area contributed by atoms with E-state index < -0.39 is 0 Å². The van der Waals surface area contributed by atoms with Gasteiger partial charge in [0.1, 0.15) is 12.4 Å². The summed E-state index contributed by atoms with van der Waals surface area (Å²) in [6.07, 6.45) is 0. The maximum atomic E-state index is 12.9. The molecule has 4 rings (SSSR count). The number of hydrogen-bond donors (Lipinski definition) is 0. The highest BCUT2D eigenvalue weighted by Crippen LogP contribution is 2.22. The molecule has 0 spiro atoms. The number of aryl methyl sites for hydroxylation is 2. The van der Waals surface area contributed by atoms with Crippen molar-refractivity contribution in [3.8, 4) is 5.75 Å². The maximum absolute atomic E-state index is 12.9. The van der Waals surface area contributed by atoms with E-state index in [4.69, 9.17) is 4.74 Å². The molecule has 4 nitrogen and oxygen atoms in total. The van der Waals surface area contributed by atoms with E-state index in [-0.39, 0.29) is 5.91 Å². The molecular formula is C23H26N2O2S2. The van der Waals surface area contributed by atoms with Crippen LogP contribution in [0, 0.1) is 13.8 Å². The fraction of sp³-hybridized carbons (Fsp3) is 0.348. The van der Waals surface area contributed by atoms with Crippen LogP contribution >= 0.6 is 22.7 Å². The molecule has 1 aromatic carbocycles. The Balaban J connectivity index is 1.29. The second-order valence-corrected chi connectivity index (χ2v) is 9.52. The van der Waals surface area contributed by atoms with Gasteiger partial charge in [-0.3, -0.25) is 9.69 Å². The van der Waals surface area contributed by atoms with Crippen LogP contribution < -0.4 is 4.74 Å². The molecule has 1 aliphatic rings. The molecule has 1 aliphatic heterocycles. The lowest BCUT2D eigenvalue weighted by atomic mass is 10.1. The molecular weight excluding hydrogens is 400 g/mol. The Hall–Kier alpha value is -2.15. The number of ether oxygens (including phenoxy) is 1. The molecule has 0 N–H and O–H groups in total. The number of carbonyl (C=O) groups is 1. The number of carbonyl (C=O) groups excluding carboxylic acids is 1. The second kappa shape index (κ2) is 9.11. The van der Waals surface area contributed by atoms with E-state index in [1.165, 1.54) is 27.3 Å². The van der Waals surface area contributed by atoms with Crippen LogP contribution in [-0.4, -0.2) is 41.9 Å². The fourth-order valence-electron chi connectivity index (χ4n) is 3.63. The SMILES string of the molecule is Cc1cc(C)cc(OCc2csc(C(=O)N3CCN(Cc4cccs4)CC3)c2)c1. The van der Waals surface area contributed by atoms with E-state index in [1.807, 2.05) is 28.5 Å². The molecule has 0 aliphatic carbocycles. The molecule has 1 fully saturated rings. The lowest BCUT2D eigenvalue weighted by molar-refractivity contribution is 0.0634. The molecule has 0 bridgehead atoms. The molecule has 3 heterocycles. The maximum Gasteiger partial charge on any atom is 0.264 e. The van der Waals surface area contributed by atoms with Gasteiger partial charge in [0.15, 0.2) is 0 Å². The van der Waals surface area contributed by atoms with Gasteiger partial charge in [-0.2, -0.15) is 0 Å². The Kier molecular flexibility index (Phi) is 6.33. The lowest BCUT2D eigenvalue weighted by Crippen LogP contribution is -2.48. The number of amides is 1. The van der Waals surface area contributed by atoms with Crippen molar-refractivity contribution in [3.05, 3.63) is 73.6 Å². The van der Waals surface area contributed by atoms with Gasteiger partial charge in [0.05, 0.1) is 4.88 Å². The van der Waals surface area contributed by atoms with E-state index in [9.17, 15) is 4.79 Å². The van der Waals surface area contributed by atoms with Gasteiger partial charge in [0.25, 0.3) is 5.91 Å². The zero-order valence-electron chi connectivity index (χ0n) is 16.9. The quantitative estimate of drug-likeness (QED) is 0.558. The van der Waals surface area contributed by atoms with Crippen molar-refractivity contribution in [1.82, 2.24) is 9.80 Å². The normalized spacial score (nSPS) is 14.9. The molecule has 1 amide bonds. The zero-order chi connectivity index (χ0) is 20.2. The molecule has 2 aromatic heterocycles. The topological polar surface area (TPSA) is 32.8 Å². The molecule has 29 heavy (non-hydrogen) atoms. The highest BCUT2D eigenvalue weighted by Gasteiger charge is 2.23. The first kappa shape index (κ1) is 20.1. The van der Waals surface area contributed by atoms with Gasteiger partial charge < -0.3 is 9.64 Å². The van der Waals surface area contributed by atoms with Crippen LogP contribution in [0.5, 0.6) is 5.75 Å².